The summed E-state index contributed by atoms with van der Waals surface area (Å²) in [6.45, 7) is 5.06. The second-order valence-electron chi connectivity index (χ2n) is 7.91. The SMILES string of the molecule is CC(=O)OC[C@H](OC(C)=O)[C@@H](OC(C)=O)[C@H](OC(C)=O)/C(=C/c1cn(C)c2ccccc12)OC(C)=O. The van der Waals surface area contributed by atoms with E-state index in [2.05, 4.69) is 0 Å². The lowest BCUT2D eigenvalue weighted by Gasteiger charge is -2.32. The number of carbonyl (C=O) groups is 5. The highest BCUT2D eigenvalue weighted by molar-refractivity contribution is 5.90. The maximum atomic E-state index is 12.1. The zero-order valence-electron chi connectivity index (χ0n) is 20.9. The predicted octanol–water partition coefficient (Wildman–Crippen LogP) is 2.44. The third kappa shape index (κ3) is 7.97. The maximum Gasteiger partial charge on any atom is 0.307 e. The number of nitrogens with zero attached hydrogens (tertiary/aromatic N) is 1. The number of hydrogen-bond acceptors (Lipinski definition) is 10. The van der Waals surface area contributed by atoms with Crippen LogP contribution in [-0.2, 0) is 54.7 Å². The molecule has 0 aliphatic rings. The molecule has 0 radical (unpaired) electrons. The van der Waals surface area contributed by atoms with Gasteiger partial charge in [-0.15, -0.1) is 0 Å². The molecule has 0 N–H and O–H groups in total. The Morgan fingerprint density at radius 3 is 2.00 bits per heavy atom. The molecule has 3 atom stereocenters. The number of aryl methyl sites for hydroxylation is 1. The average Bonchev–Trinajstić information content (AvgIpc) is 3.08. The van der Waals surface area contributed by atoms with Crippen LogP contribution in [0.25, 0.3) is 17.0 Å². The Morgan fingerprint density at radius 2 is 1.44 bits per heavy atom. The van der Waals surface area contributed by atoms with Gasteiger partial charge in [-0.3, -0.25) is 24.0 Å². The first kappa shape index (κ1) is 28.1. The molecule has 0 aliphatic heterocycles. The maximum absolute atomic E-state index is 12.1. The first-order chi connectivity index (χ1) is 16.9. The molecule has 0 saturated carbocycles. The summed E-state index contributed by atoms with van der Waals surface area (Å²) in [5.74, 6) is -4.03. The van der Waals surface area contributed by atoms with Crippen LogP contribution in [0.3, 0.4) is 0 Å². The van der Waals surface area contributed by atoms with Crippen molar-refractivity contribution in [3.05, 3.63) is 41.8 Å². The first-order valence-electron chi connectivity index (χ1n) is 11.0. The second-order valence-corrected chi connectivity index (χ2v) is 7.91. The minimum absolute atomic E-state index is 0.194. The Balaban J connectivity index is 2.71. The lowest BCUT2D eigenvalue weighted by molar-refractivity contribution is -0.189. The van der Waals surface area contributed by atoms with Crippen LogP contribution in [0.15, 0.2) is 36.2 Å². The molecule has 1 aromatic carbocycles. The average molecular weight is 504 g/mol. The van der Waals surface area contributed by atoms with Crippen LogP contribution < -0.4 is 0 Å². The standard InChI is InChI=1S/C25H29NO10/c1-14(27)32-13-23(34-16(3)29)25(36-18(5)31)24(35-17(4)30)22(33-15(2)28)11-19-12-26(6)21-10-8-7-9-20(19)21/h7-12,23-25H,13H2,1-6H3/b22-11-/t23-,24+,25+/m0/s1. The van der Waals surface area contributed by atoms with Crippen LogP contribution in [-0.4, -0.2) is 59.3 Å². The quantitative estimate of drug-likeness (QED) is 0.270. The number of fused-ring (bicyclic) bond motifs is 1. The van der Waals surface area contributed by atoms with Crippen molar-refractivity contribution in [1.82, 2.24) is 4.57 Å². The third-order valence-corrected chi connectivity index (χ3v) is 4.80. The van der Waals surface area contributed by atoms with Crippen molar-refractivity contribution in [3.63, 3.8) is 0 Å². The van der Waals surface area contributed by atoms with Gasteiger partial charge in [-0.25, -0.2) is 0 Å². The van der Waals surface area contributed by atoms with Crippen molar-refractivity contribution in [2.24, 2.45) is 7.05 Å². The fraction of sp³-hybridized carbons (Fsp3) is 0.400. The molecule has 11 nitrogen and oxygen atoms in total. The number of rotatable bonds is 10. The van der Waals surface area contributed by atoms with Crippen LogP contribution in [0.2, 0.25) is 0 Å². The molecular weight excluding hydrogens is 474 g/mol. The van der Waals surface area contributed by atoms with Gasteiger partial charge in [0.05, 0.1) is 0 Å². The molecule has 0 aliphatic carbocycles. The van der Waals surface area contributed by atoms with Crippen LogP contribution in [0.5, 0.6) is 0 Å². The molecule has 0 spiro atoms. The number of hydrogen-bond donors (Lipinski definition) is 0. The van der Waals surface area contributed by atoms with Crippen molar-refractivity contribution >= 4 is 46.8 Å². The first-order valence-corrected chi connectivity index (χ1v) is 11.0. The number of ether oxygens (including phenoxy) is 5. The van der Waals surface area contributed by atoms with Crippen molar-refractivity contribution in [2.45, 2.75) is 52.9 Å². The number of aromatic nitrogens is 1. The van der Waals surface area contributed by atoms with Crippen LogP contribution >= 0.6 is 0 Å². The highest BCUT2D eigenvalue weighted by atomic mass is 16.6. The summed E-state index contributed by atoms with van der Waals surface area (Å²) in [6, 6.07) is 7.42. The summed E-state index contributed by atoms with van der Waals surface area (Å²) < 4.78 is 28.3. The van der Waals surface area contributed by atoms with Gasteiger partial charge in [0, 0.05) is 64.3 Å². The largest absolute Gasteiger partial charge is 0.462 e. The zero-order chi connectivity index (χ0) is 27.0. The van der Waals surface area contributed by atoms with E-state index in [1.165, 1.54) is 6.08 Å². The smallest absolute Gasteiger partial charge is 0.307 e. The molecule has 36 heavy (non-hydrogen) atoms. The van der Waals surface area contributed by atoms with Gasteiger partial charge in [0.15, 0.2) is 24.1 Å². The minimum atomic E-state index is -1.55. The Morgan fingerprint density at radius 1 is 0.833 bits per heavy atom. The van der Waals surface area contributed by atoms with Crippen LogP contribution in [0, 0.1) is 0 Å². The van der Waals surface area contributed by atoms with Gasteiger partial charge < -0.3 is 28.3 Å². The Kier molecular flexibility index (Phi) is 9.77. The summed E-state index contributed by atoms with van der Waals surface area (Å²) in [5, 5.41) is 0.798. The molecule has 2 aromatic rings. The molecule has 0 amide bonds. The van der Waals surface area contributed by atoms with E-state index in [9.17, 15) is 24.0 Å². The monoisotopic (exact) mass is 503 g/mol. The summed E-state index contributed by atoms with van der Waals surface area (Å²) >= 11 is 0. The van der Waals surface area contributed by atoms with E-state index in [1.807, 2.05) is 35.9 Å². The zero-order valence-corrected chi connectivity index (χ0v) is 20.9. The van der Waals surface area contributed by atoms with Crippen LogP contribution in [0.4, 0.5) is 0 Å². The van der Waals surface area contributed by atoms with Crippen molar-refractivity contribution < 1.29 is 47.7 Å². The molecule has 0 bridgehead atoms. The fourth-order valence-electron chi connectivity index (χ4n) is 3.58. The highest BCUT2D eigenvalue weighted by Gasteiger charge is 2.41. The van der Waals surface area contributed by atoms with E-state index in [1.54, 1.807) is 6.20 Å². The topological polar surface area (TPSA) is 136 Å². The van der Waals surface area contributed by atoms with E-state index in [0.29, 0.717) is 5.56 Å². The summed E-state index contributed by atoms with van der Waals surface area (Å²) in [4.78, 5) is 59.4. The minimum Gasteiger partial charge on any atom is -0.462 e. The summed E-state index contributed by atoms with van der Waals surface area (Å²) in [5.41, 5.74) is 1.48. The molecule has 194 valence electrons. The molecule has 0 fully saturated rings. The van der Waals surface area contributed by atoms with Gasteiger partial charge in [0.2, 0.25) is 0 Å². The molecule has 2 rings (SSSR count). The number of benzene rings is 1. The summed E-state index contributed by atoms with van der Waals surface area (Å²) in [6.07, 6.45) is -1.25. The lowest BCUT2D eigenvalue weighted by atomic mass is 10.0. The molecule has 11 heteroatoms. The molecule has 0 unspecified atom stereocenters. The van der Waals surface area contributed by atoms with Gasteiger partial charge in [0.25, 0.3) is 0 Å². The number of carbonyl (C=O) groups excluding carboxylic acids is 5. The fourth-order valence-corrected chi connectivity index (χ4v) is 3.58. The normalized spacial score (nSPS) is 13.8. The third-order valence-electron chi connectivity index (χ3n) is 4.80. The van der Waals surface area contributed by atoms with Gasteiger partial charge in [-0.1, -0.05) is 18.2 Å². The van der Waals surface area contributed by atoms with Gasteiger partial charge >= 0.3 is 29.8 Å². The predicted molar refractivity (Wildman–Crippen MR) is 126 cm³/mol. The number of esters is 5. The van der Waals surface area contributed by atoms with E-state index >= 15 is 0 Å². The molecular formula is C25H29NO10. The van der Waals surface area contributed by atoms with Gasteiger partial charge in [-0.2, -0.15) is 0 Å². The number of para-hydroxylation sites is 1. The molecule has 1 aromatic heterocycles. The van der Waals surface area contributed by atoms with Crippen molar-refractivity contribution in [3.8, 4) is 0 Å². The molecule has 0 saturated heterocycles. The summed E-state index contributed by atoms with van der Waals surface area (Å²) in [7, 11) is 1.83. The van der Waals surface area contributed by atoms with Crippen molar-refractivity contribution in [2.75, 3.05) is 6.61 Å². The van der Waals surface area contributed by atoms with E-state index in [4.69, 9.17) is 23.7 Å². The van der Waals surface area contributed by atoms with E-state index in [-0.39, 0.29) is 5.76 Å². The second kappa shape index (κ2) is 12.5. The Labute approximate surface area is 207 Å². The van der Waals surface area contributed by atoms with Gasteiger partial charge in [-0.05, 0) is 12.1 Å². The highest BCUT2D eigenvalue weighted by Crippen LogP contribution is 2.28. The van der Waals surface area contributed by atoms with E-state index < -0.39 is 54.8 Å². The molecule has 1 heterocycles. The van der Waals surface area contributed by atoms with Gasteiger partial charge in [0.1, 0.15) is 6.61 Å². The van der Waals surface area contributed by atoms with Crippen molar-refractivity contribution in [1.29, 1.82) is 0 Å². The van der Waals surface area contributed by atoms with Crippen LogP contribution in [0.1, 0.15) is 40.2 Å². The Hall–Kier alpha value is -4.15. The lowest BCUT2D eigenvalue weighted by Crippen LogP contribution is -2.48. The van der Waals surface area contributed by atoms with E-state index in [0.717, 1.165) is 45.5 Å². The Bertz CT molecular complexity index is 1180.